The highest BCUT2D eigenvalue weighted by Crippen LogP contribution is 2.17. The van der Waals surface area contributed by atoms with Crippen LogP contribution in [0.4, 0.5) is 4.39 Å². The van der Waals surface area contributed by atoms with Crippen LogP contribution < -0.4 is 5.56 Å². The number of aryl methyl sites for hydroxylation is 1. The van der Waals surface area contributed by atoms with Gasteiger partial charge in [0, 0.05) is 6.07 Å². The van der Waals surface area contributed by atoms with Gasteiger partial charge in [-0.3, -0.25) is 9.89 Å². The van der Waals surface area contributed by atoms with Gasteiger partial charge in [-0.2, -0.15) is 0 Å². The van der Waals surface area contributed by atoms with Crippen molar-refractivity contribution in [2.75, 3.05) is 0 Å². The van der Waals surface area contributed by atoms with E-state index in [4.69, 9.17) is 0 Å². The van der Waals surface area contributed by atoms with Crippen LogP contribution in [0.15, 0.2) is 59.4 Å². The number of rotatable bonds is 2. The van der Waals surface area contributed by atoms with Crippen molar-refractivity contribution in [3.63, 3.8) is 0 Å². The van der Waals surface area contributed by atoms with Crippen molar-refractivity contribution in [2.45, 2.75) is 6.92 Å². The van der Waals surface area contributed by atoms with Crippen molar-refractivity contribution >= 4 is 0 Å². The number of nitrogens with one attached hydrogen (secondary N) is 1. The molecule has 0 aliphatic rings. The van der Waals surface area contributed by atoms with E-state index in [2.05, 4.69) is 5.10 Å². The summed E-state index contributed by atoms with van der Waals surface area (Å²) in [5.74, 6) is -0.297. The maximum Gasteiger partial charge on any atom is 0.271 e. The van der Waals surface area contributed by atoms with Crippen molar-refractivity contribution in [3.05, 3.63) is 76.3 Å². The van der Waals surface area contributed by atoms with E-state index in [1.54, 1.807) is 12.1 Å². The van der Waals surface area contributed by atoms with E-state index < -0.39 is 0 Å². The van der Waals surface area contributed by atoms with Gasteiger partial charge in [0.1, 0.15) is 5.82 Å². The standard InChI is InChI=1S/C16H13FN2O/c1-11-3-2-4-14(9-11)19-16(20)10-15(18-19)12-5-7-13(17)8-6-12/h2-10,18H,1H3. The molecule has 3 aromatic rings. The third-order valence-electron chi connectivity index (χ3n) is 3.14. The molecule has 0 aliphatic heterocycles. The van der Waals surface area contributed by atoms with E-state index in [0.717, 1.165) is 16.8 Å². The van der Waals surface area contributed by atoms with Crippen LogP contribution >= 0.6 is 0 Å². The molecule has 1 heterocycles. The van der Waals surface area contributed by atoms with Gasteiger partial charge in [0.2, 0.25) is 0 Å². The molecule has 2 aromatic carbocycles. The molecule has 0 saturated heterocycles. The quantitative estimate of drug-likeness (QED) is 0.761. The maximum absolute atomic E-state index is 12.9. The fraction of sp³-hybridized carbons (Fsp3) is 0.0625. The maximum atomic E-state index is 12.9. The topological polar surface area (TPSA) is 37.8 Å². The average Bonchev–Trinajstić information content (AvgIpc) is 2.82. The van der Waals surface area contributed by atoms with Crippen LogP contribution in [-0.4, -0.2) is 9.78 Å². The predicted molar refractivity (Wildman–Crippen MR) is 76.5 cm³/mol. The van der Waals surface area contributed by atoms with Gasteiger partial charge >= 0.3 is 0 Å². The van der Waals surface area contributed by atoms with Crippen LogP contribution in [0.3, 0.4) is 0 Å². The van der Waals surface area contributed by atoms with E-state index in [0.29, 0.717) is 5.69 Å². The molecule has 100 valence electrons. The molecule has 0 spiro atoms. The summed E-state index contributed by atoms with van der Waals surface area (Å²) in [6, 6.07) is 15.2. The summed E-state index contributed by atoms with van der Waals surface area (Å²) in [4.78, 5) is 12.0. The van der Waals surface area contributed by atoms with E-state index in [-0.39, 0.29) is 11.4 Å². The van der Waals surface area contributed by atoms with Gasteiger partial charge < -0.3 is 0 Å². The molecule has 3 rings (SSSR count). The Balaban J connectivity index is 2.07. The number of nitrogens with zero attached hydrogens (tertiary/aromatic N) is 1. The Morgan fingerprint density at radius 1 is 1.05 bits per heavy atom. The summed E-state index contributed by atoms with van der Waals surface area (Å²) in [5, 5.41) is 3.04. The Bertz CT molecular complexity index is 800. The molecule has 0 radical (unpaired) electrons. The highest BCUT2D eigenvalue weighted by Gasteiger charge is 2.07. The van der Waals surface area contributed by atoms with Crippen LogP contribution in [-0.2, 0) is 0 Å². The normalized spacial score (nSPS) is 10.7. The molecular weight excluding hydrogens is 255 g/mol. The minimum atomic E-state index is -0.297. The van der Waals surface area contributed by atoms with Crippen LogP contribution in [0, 0.1) is 12.7 Å². The highest BCUT2D eigenvalue weighted by molar-refractivity contribution is 5.58. The molecule has 0 saturated carbocycles. The minimum absolute atomic E-state index is 0.144. The smallest absolute Gasteiger partial charge is 0.271 e. The van der Waals surface area contributed by atoms with Gasteiger partial charge in [0.05, 0.1) is 11.4 Å². The first-order valence-electron chi connectivity index (χ1n) is 6.28. The molecule has 20 heavy (non-hydrogen) atoms. The molecular formula is C16H13FN2O. The van der Waals surface area contributed by atoms with Crippen molar-refractivity contribution in [3.8, 4) is 16.9 Å². The van der Waals surface area contributed by atoms with Crippen molar-refractivity contribution in [2.24, 2.45) is 0 Å². The molecule has 0 atom stereocenters. The zero-order valence-electron chi connectivity index (χ0n) is 10.9. The second-order valence-electron chi connectivity index (χ2n) is 4.69. The summed E-state index contributed by atoms with van der Waals surface area (Å²) >= 11 is 0. The number of H-pyrrole nitrogens is 1. The molecule has 3 nitrogen and oxygen atoms in total. The first-order valence-corrected chi connectivity index (χ1v) is 6.28. The monoisotopic (exact) mass is 268 g/mol. The lowest BCUT2D eigenvalue weighted by atomic mass is 10.1. The number of benzene rings is 2. The van der Waals surface area contributed by atoms with Crippen LogP contribution in [0.25, 0.3) is 16.9 Å². The minimum Gasteiger partial charge on any atom is -0.290 e. The van der Waals surface area contributed by atoms with E-state index >= 15 is 0 Å². The van der Waals surface area contributed by atoms with Crippen LogP contribution in [0.1, 0.15) is 5.56 Å². The Morgan fingerprint density at radius 3 is 2.50 bits per heavy atom. The summed E-state index contributed by atoms with van der Waals surface area (Å²) < 4.78 is 14.4. The Kier molecular flexibility index (Phi) is 2.99. The van der Waals surface area contributed by atoms with Gasteiger partial charge in [0.25, 0.3) is 5.56 Å². The number of halogens is 1. The predicted octanol–water partition coefficient (Wildman–Crippen LogP) is 3.28. The van der Waals surface area contributed by atoms with Crippen molar-refractivity contribution in [1.82, 2.24) is 9.78 Å². The van der Waals surface area contributed by atoms with Gasteiger partial charge in [-0.15, -0.1) is 0 Å². The second kappa shape index (κ2) is 4.81. The molecule has 0 unspecified atom stereocenters. The molecule has 0 amide bonds. The Labute approximate surface area is 115 Å². The average molecular weight is 268 g/mol. The zero-order valence-corrected chi connectivity index (χ0v) is 10.9. The Morgan fingerprint density at radius 2 is 1.80 bits per heavy atom. The number of hydrogen-bond acceptors (Lipinski definition) is 1. The van der Waals surface area contributed by atoms with Crippen molar-refractivity contribution in [1.29, 1.82) is 0 Å². The van der Waals surface area contributed by atoms with E-state index in [1.807, 2.05) is 31.2 Å². The van der Waals surface area contributed by atoms with E-state index in [1.165, 1.54) is 22.9 Å². The lowest BCUT2D eigenvalue weighted by Crippen LogP contribution is -2.13. The largest absolute Gasteiger partial charge is 0.290 e. The lowest BCUT2D eigenvalue weighted by molar-refractivity contribution is 0.628. The fourth-order valence-electron chi connectivity index (χ4n) is 2.13. The number of hydrogen-bond donors (Lipinski definition) is 1. The summed E-state index contributed by atoms with van der Waals surface area (Å²) in [6.07, 6.45) is 0. The fourth-order valence-corrected chi connectivity index (χ4v) is 2.13. The molecule has 1 aromatic heterocycles. The van der Waals surface area contributed by atoms with Crippen molar-refractivity contribution < 1.29 is 4.39 Å². The van der Waals surface area contributed by atoms with Gasteiger partial charge in [-0.25, -0.2) is 9.07 Å². The lowest BCUT2D eigenvalue weighted by Gasteiger charge is -2.03. The van der Waals surface area contributed by atoms with Gasteiger partial charge in [-0.1, -0.05) is 12.1 Å². The molecule has 4 heteroatoms. The molecule has 0 bridgehead atoms. The summed E-state index contributed by atoms with van der Waals surface area (Å²) in [7, 11) is 0. The van der Waals surface area contributed by atoms with Crippen LogP contribution in [0.5, 0.6) is 0 Å². The summed E-state index contributed by atoms with van der Waals surface area (Å²) in [6.45, 7) is 1.97. The van der Waals surface area contributed by atoms with Gasteiger partial charge in [0.15, 0.2) is 0 Å². The molecule has 0 aliphatic carbocycles. The number of aromatic nitrogens is 2. The second-order valence-corrected chi connectivity index (χ2v) is 4.69. The SMILES string of the molecule is Cc1cccc(-n2[nH]c(-c3ccc(F)cc3)cc2=O)c1. The third-order valence-corrected chi connectivity index (χ3v) is 3.14. The molecule has 0 fully saturated rings. The molecule has 1 N–H and O–H groups in total. The zero-order chi connectivity index (χ0) is 14.1. The Hall–Kier alpha value is -2.62. The van der Waals surface area contributed by atoms with Gasteiger partial charge in [-0.05, 0) is 54.4 Å². The van der Waals surface area contributed by atoms with E-state index in [9.17, 15) is 9.18 Å². The number of aromatic amines is 1. The highest BCUT2D eigenvalue weighted by atomic mass is 19.1. The summed E-state index contributed by atoms with van der Waals surface area (Å²) in [5.41, 5.74) is 3.15. The first kappa shape index (κ1) is 12.4. The van der Waals surface area contributed by atoms with Crippen LogP contribution in [0.2, 0.25) is 0 Å². The third kappa shape index (κ3) is 2.28. The first-order chi connectivity index (χ1) is 9.63.